The van der Waals surface area contributed by atoms with E-state index < -0.39 is 10.0 Å². The molecule has 0 spiro atoms. The van der Waals surface area contributed by atoms with Crippen LogP contribution in [0.5, 0.6) is 11.5 Å². The third-order valence-corrected chi connectivity index (χ3v) is 5.57. The Kier molecular flexibility index (Phi) is 6.01. The van der Waals surface area contributed by atoms with E-state index in [1.807, 2.05) is 24.3 Å². The average molecular weight is 461 g/mol. The average Bonchev–Trinajstić information content (AvgIpc) is 2.65. The van der Waals surface area contributed by atoms with Crippen LogP contribution >= 0.6 is 15.9 Å². The number of halogens is 1. The van der Waals surface area contributed by atoms with Gasteiger partial charge < -0.3 is 10.1 Å². The summed E-state index contributed by atoms with van der Waals surface area (Å²) < 4.78 is 34.2. The van der Waals surface area contributed by atoms with Gasteiger partial charge in [-0.25, -0.2) is 8.42 Å². The van der Waals surface area contributed by atoms with E-state index in [-0.39, 0.29) is 10.8 Å². The van der Waals surface area contributed by atoms with Gasteiger partial charge in [-0.3, -0.25) is 9.52 Å². The first-order chi connectivity index (χ1) is 13.3. The molecule has 8 heteroatoms. The number of hydrogen-bond acceptors (Lipinski definition) is 4. The molecule has 28 heavy (non-hydrogen) atoms. The number of hydrogen-bond donors (Lipinski definition) is 2. The molecule has 0 aliphatic carbocycles. The fraction of sp³-hybridized carbons (Fsp3) is 0.0500. The molecule has 6 nitrogen and oxygen atoms in total. The molecule has 0 aromatic heterocycles. The number of benzene rings is 3. The first-order valence-electron chi connectivity index (χ1n) is 8.26. The Labute approximate surface area is 171 Å². The molecule has 0 atom stereocenters. The number of carbonyl (C=O) groups is 1. The standard InChI is InChI=1S/C20H17BrN2O4S/c1-14(24)22-16-6-12-20(13-7-16)28(25,26)23-17-4-10-19(11-5-17)27-18-8-2-15(21)3-9-18/h2-13,23H,1H3,(H,22,24). The van der Waals surface area contributed by atoms with Gasteiger partial charge in [0.05, 0.1) is 4.90 Å². The summed E-state index contributed by atoms with van der Waals surface area (Å²) in [7, 11) is -3.74. The van der Waals surface area contributed by atoms with E-state index in [9.17, 15) is 13.2 Å². The van der Waals surface area contributed by atoms with Crippen LogP contribution in [0.3, 0.4) is 0 Å². The smallest absolute Gasteiger partial charge is 0.261 e. The summed E-state index contributed by atoms with van der Waals surface area (Å²) in [5, 5.41) is 2.59. The topological polar surface area (TPSA) is 84.5 Å². The van der Waals surface area contributed by atoms with Crippen LogP contribution in [0, 0.1) is 0 Å². The van der Waals surface area contributed by atoms with E-state index in [0.717, 1.165) is 4.47 Å². The minimum atomic E-state index is -3.74. The first kappa shape index (κ1) is 19.9. The van der Waals surface area contributed by atoms with E-state index in [0.29, 0.717) is 22.9 Å². The van der Waals surface area contributed by atoms with Gasteiger partial charge in [0.1, 0.15) is 11.5 Å². The highest BCUT2D eigenvalue weighted by molar-refractivity contribution is 9.10. The SMILES string of the molecule is CC(=O)Nc1ccc(S(=O)(=O)Nc2ccc(Oc3ccc(Br)cc3)cc2)cc1. The predicted octanol–water partition coefficient (Wildman–Crippen LogP) is 5.00. The molecule has 3 aromatic rings. The van der Waals surface area contributed by atoms with E-state index in [1.165, 1.54) is 31.2 Å². The highest BCUT2D eigenvalue weighted by Gasteiger charge is 2.14. The van der Waals surface area contributed by atoms with Gasteiger partial charge in [0.25, 0.3) is 10.0 Å². The van der Waals surface area contributed by atoms with Crippen molar-refractivity contribution in [2.24, 2.45) is 0 Å². The van der Waals surface area contributed by atoms with Crippen LogP contribution in [-0.2, 0) is 14.8 Å². The fourth-order valence-electron chi connectivity index (χ4n) is 2.36. The second-order valence-electron chi connectivity index (χ2n) is 5.89. The maximum atomic E-state index is 12.5. The van der Waals surface area contributed by atoms with Crippen molar-refractivity contribution < 1.29 is 17.9 Å². The molecule has 0 saturated carbocycles. The Bertz CT molecular complexity index is 1060. The van der Waals surface area contributed by atoms with Crippen LogP contribution in [0.25, 0.3) is 0 Å². The zero-order valence-corrected chi connectivity index (χ0v) is 17.2. The van der Waals surface area contributed by atoms with Crippen molar-refractivity contribution in [2.45, 2.75) is 11.8 Å². The minimum absolute atomic E-state index is 0.0943. The monoisotopic (exact) mass is 460 g/mol. The molecule has 2 N–H and O–H groups in total. The second-order valence-corrected chi connectivity index (χ2v) is 8.49. The predicted molar refractivity (Wildman–Crippen MR) is 112 cm³/mol. The van der Waals surface area contributed by atoms with Crippen molar-refractivity contribution in [3.63, 3.8) is 0 Å². The molecular formula is C20H17BrN2O4S. The lowest BCUT2D eigenvalue weighted by atomic mass is 10.3. The Balaban J connectivity index is 1.68. The van der Waals surface area contributed by atoms with Crippen molar-refractivity contribution >= 4 is 43.2 Å². The van der Waals surface area contributed by atoms with Crippen molar-refractivity contribution in [2.75, 3.05) is 10.0 Å². The highest BCUT2D eigenvalue weighted by atomic mass is 79.9. The molecule has 0 fully saturated rings. The van der Waals surface area contributed by atoms with E-state index in [2.05, 4.69) is 26.0 Å². The summed E-state index contributed by atoms with van der Waals surface area (Å²) in [6.45, 7) is 1.39. The molecule has 0 saturated heterocycles. The summed E-state index contributed by atoms with van der Waals surface area (Å²) in [6.07, 6.45) is 0. The van der Waals surface area contributed by atoms with Gasteiger partial charge >= 0.3 is 0 Å². The first-order valence-corrected chi connectivity index (χ1v) is 10.5. The number of sulfonamides is 1. The largest absolute Gasteiger partial charge is 0.457 e. The van der Waals surface area contributed by atoms with Gasteiger partial charge in [0, 0.05) is 22.8 Å². The molecule has 144 valence electrons. The molecule has 1 amide bonds. The van der Waals surface area contributed by atoms with Crippen molar-refractivity contribution in [1.82, 2.24) is 0 Å². The van der Waals surface area contributed by atoms with Gasteiger partial charge in [-0.2, -0.15) is 0 Å². The quantitative estimate of drug-likeness (QED) is 0.541. The molecule has 0 bridgehead atoms. The Morgan fingerprint density at radius 3 is 1.86 bits per heavy atom. The Hall–Kier alpha value is -2.84. The molecule has 0 aliphatic rings. The lowest BCUT2D eigenvalue weighted by Crippen LogP contribution is -2.13. The lowest BCUT2D eigenvalue weighted by molar-refractivity contribution is -0.114. The molecule has 0 heterocycles. The van der Waals surface area contributed by atoms with Crippen LogP contribution < -0.4 is 14.8 Å². The van der Waals surface area contributed by atoms with Crippen molar-refractivity contribution in [3.05, 3.63) is 77.3 Å². The normalized spacial score (nSPS) is 10.9. The van der Waals surface area contributed by atoms with Crippen molar-refractivity contribution in [1.29, 1.82) is 0 Å². The number of amides is 1. The lowest BCUT2D eigenvalue weighted by Gasteiger charge is -2.10. The number of carbonyl (C=O) groups excluding carboxylic acids is 1. The summed E-state index contributed by atoms with van der Waals surface area (Å²) in [4.78, 5) is 11.1. The van der Waals surface area contributed by atoms with Gasteiger partial charge in [0.15, 0.2) is 0 Å². The third kappa shape index (κ3) is 5.34. The fourth-order valence-corrected chi connectivity index (χ4v) is 3.69. The maximum Gasteiger partial charge on any atom is 0.261 e. The summed E-state index contributed by atoms with van der Waals surface area (Å²) in [5.41, 5.74) is 0.940. The number of anilines is 2. The van der Waals surface area contributed by atoms with E-state index >= 15 is 0 Å². The van der Waals surface area contributed by atoms with Gasteiger partial charge in [-0.1, -0.05) is 15.9 Å². The van der Waals surface area contributed by atoms with E-state index in [4.69, 9.17) is 4.74 Å². The maximum absolute atomic E-state index is 12.5. The third-order valence-electron chi connectivity index (χ3n) is 3.64. The molecule has 3 rings (SSSR count). The van der Waals surface area contributed by atoms with Crippen LogP contribution in [0.1, 0.15) is 6.92 Å². The number of rotatable bonds is 6. The Morgan fingerprint density at radius 2 is 1.32 bits per heavy atom. The molecule has 3 aromatic carbocycles. The van der Waals surface area contributed by atoms with Crippen LogP contribution in [-0.4, -0.2) is 14.3 Å². The highest BCUT2D eigenvalue weighted by Crippen LogP contribution is 2.25. The summed E-state index contributed by atoms with van der Waals surface area (Å²) in [5.74, 6) is 1.04. The molecule has 0 unspecified atom stereocenters. The molecular weight excluding hydrogens is 444 g/mol. The van der Waals surface area contributed by atoms with E-state index in [1.54, 1.807) is 24.3 Å². The summed E-state index contributed by atoms with van der Waals surface area (Å²) in [6, 6.07) is 19.9. The number of ether oxygens (including phenoxy) is 1. The minimum Gasteiger partial charge on any atom is -0.457 e. The summed E-state index contributed by atoms with van der Waals surface area (Å²) >= 11 is 3.36. The van der Waals surface area contributed by atoms with Crippen LogP contribution in [0.2, 0.25) is 0 Å². The zero-order valence-electron chi connectivity index (χ0n) is 14.8. The van der Waals surface area contributed by atoms with Crippen LogP contribution in [0.4, 0.5) is 11.4 Å². The molecule has 0 radical (unpaired) electrons. The van der Waals surface area contributed by atoms with Gasteiger partial charge in [-0.05, 0) is 72.8 Å². The second kappa shape index (κ2) is 8.45. The van der Waals surface area contributed by atoms with Crippen LogP contribution in [0.15, 0.2) is 82.2 Å². The van der Waals surface area contributed by atoms with Gasteiger partial charge in [0.2, 0.25) is 5.91 Å². The van der Waals surface area contributed by atoms with Crippen molar-refractivity contribution in [3.8, 4) is 11.5 Å². The Morgan fingerprint density at radius 1 is 0.821 bits per heavy atom. The molecule has 0 aliphatic heterocycles. The number of nitrogens with one attached hydrogen (secondary N) is 2. The zero-order chi connectivity index (χ0) is 20.1. The van der Waals surface area contributed by atoms with Gasteiger partial charge in [-0.15, -0.1) is 0 Å².